The van der Waals surface area contributed by atoms with Crippen LogP contribution in [0.25, 0.3) is 186 Å². The van der Waals surface area contributed by atoms with Gasteiger partial charge in [0.1, 0.15) is 0 Å². The molecule has 430 valence electrons. The summed E-state index contributed by atoms with van der Waals surface area (Å²) in [6.07, 6.45) is 0. The first-order valence-electron chi connectivity index (χ1n) is 35.8. The van der Waals surface area contributed by atoms with Crippen LogP contribution in [0.3, 0.4) is 0 Å². The Kier molecular flexibility index (Phi) is 9.51. The zero-order valence-electron chi connectivity index (χ0n) is 59.0. The molecule has 0 fully saturated rings. The third-order valence-electron chi connectivity index (χ3n) is 19.8. The van der Waals surface area contributed by atoms with Crippen LogP contribution in [0.15, 0.2) is 285 Å². The fourth-order valence-corrected chi connectivity index (χ4v) is 15.8. The van der Waals surface area contributed by atoms with Crippen molar-refractivity contribution in [2.75, 3.05) is 0 Å². The number of aryl methyl sites for hydroxylation is 3. The molecule has 0 N–H and O–H groups in total. The molecule has 1 aliphatic carbocycles. The van der Waals surface area contributed by atoms with Gasteiger partial charge in [0.05, 0.1) is 22.1 Å². The number of benzene rings is 14. The lowest BCUT2D eigenvalue weighted by Gasteiger charge is -2.25. The maximum atomic E-state index is 9.33. The molecule has 0 unspecified atom stereocenters. The van der Waals surface area contributed by atoms with Gasteiger partial charge in [-0.25, -0.2) is 4.98 Å². The van der Waals surface area contributed by atoms with Gasteiger partial charge in [-0.2, -0.15) is 0 Å². The van der Waals surface area contributed by atoms with Crippen molar-refractivity contribution < 1.29 is 12.3 Å². The molecule has 0 spiro atoms. The van der Waals surface area contributed by atoms with Crippen LogP contribution in [0, 0.1) is 27.5 Å². The summed E-state index contributed by atoms with van der Waals surface area (Å²) in [5.41, 5.74) is 14.1. The van der Waals surface area contributed by atoms with Crippen LogP contribution >= 0.6 is 0 Å². The van der Waals surface area contributed by atoms with Crippen molar-refractivity contribution in [2.45, 2.75) is 27.5 Å². The Balaban J connectivity index is 0.852. The highest BCUT2D eigenvalue weighted by Gasteiger charge is 2.26. The standard InChI is InChI=1S/C89H59N3/c1-52-22-21-39-85-88(52)90-89-91(83-37-19-20-38-84(83)92(85)89)58-42-45-75-74-44-41-57(47-76(74)66-30-12-7-27-63(66)64-28-8-13-31-67(64)78(75)49-58)87-54(3)46-53(2)86(55(87)4)56-40-43-73-65-29-11-16-34-70(65)81-50-79-68-32-14-9-25-61(68)59-23-5-6-24-60(59)62-26-10-15-33-69(62)80(79)51-82(81)72-36-18-17-35-71(72)77(73)48-56/h5-51H,1-4H3/i1D3,2D3,3D3. The van der Waals surface area contributed by atoms with Gasteiger partial charge >= 0.3 is 0 Å². The largest absolute Gasteiger partial charge is 0.278 e. The molecule has 2 aromatic heterocycles. The number of hydrogen-bond donors (Lipinski definition) is 0. The molecule has 3 nitrogen and oxygen atoms in total. The number of aromatic nitrogens is 3. The van der Waals surface area contributed by atoms with Gasteiger partial charge < -0.3 is 0 Å². The first kappa shape index (κ1) is 43.9. The van der Waals surface area contributed by atoms with E-state index in [-0.39, 0.29) is 16.7 Å². The van der Waals surface area contributed by atoms with Crippen molar-refractivity contribution in [3.63, 3.8) is 0 Å². The molecule has 19 rings (SSSR count). The molecule has 3 heteroatoms. The smallest absolute Gasteiger partial charge is 0.220 e. The minimum Gasteiger partial charge on any atom is -0.278 e. The molecule has 0 atom stereocenters. The summed E-state index contributed by atoms with van der Waals surface area (Å²) in [6.45, 7) is -5.97. The van der Waals surface area contributed by atoms with Crippen molar-refractivity contribution >= 4 is 114 Å². The Labute approximate surface area is 544 Å². The minimum atomic E-state index is -2.74. The Hall–Kier alpha value is -11.7. The van der Waals surface area contributed by atoms with E-state index in [1.54, 1.807) is 12.1 Å². The fraction of sp³-hybridized carbons (Fsp3) is 0.0449. The number of para-hydroxylation sites is 3. The van der Waals surface area contributed by atoms with E-state index in [2.05, 4.69) is 217 Å². The monoisotopic (exact) mass is 1180 g/mol. The van der Waals surface area contributed by atoms with Crippen LogP contribution in [0.2, 0.25) is 0 Å². The summed E-state index contributed by atoms with van der Waals surface area (Å²) in [7, 11) is 0. The van der Waals surface area contributed by atoms with Gasteiger partial charge in [-0.05, 0) is 257 Å². The maximum Gasteiger partial charge on any atom is 0.220 e. The highest BCUT2D eigenvalue weighted by molar-refractivity contribution is 6.32. The van der Waals surface area contributed by atoms with Gasteiger partial charge in [0.15, 0.2) is 0 Å². The van der Waals surface area contributed by atoms with Crippen molar-refractivity contribution in [1.82, 2.24) is 14.0 Å². The summed E-state index contributed by atoms with van der Waals surface area (Å²) in [5, 5.41) is 17.3. The second-order valence-corrected chi connectivity index (χ2v) is 24.6. The zero-order valence-corrected chi connectivity index (χ0v) is 50.0. The van der Waals surface area contributed by atoms with Crippen LogP contribution in [0.4, 0.5) is 0 Å². The Morgan fingerprint density at radius 2 is 0.641 bits per heavy atom. The van der Waals surface area contributed by atoms with E-state index in [0.29, 0.717) is 44.6 Å². The summed E-state index contributed by atoms with van der Waals surface area (Å²) >= 11 is 0. The van der Waals surface area contributed by atoms with E-state index >= 15 is 0 Å². The summed E-state index contributed by atoms with van der Waals surface area (Å²) < 4.78 is 85.5. The highest BCUT2D eigenvalue weighted by Crippen LogP contribution is 2.51. The molecule has 0 aliphatic heterocycles. The van der Waals surface area contributed by atoms with Gasteiger partial charge in [-0.1, -0.05) is 231 Å². The predicted molar refractivity (Wildman–Crippen MR) is 392 cm³/mol. The van der Waals surface area contributed by atoms with Gasteiger partial charge in [0.25, 0.3) is 0 Å². The van der Waals surface area contributed by atoms with Crippen LogP contribution in [0.1, 0.15) is 34.6 Å². The molecule has 16 aromatic carbocycles. The molecule has 0 bridgehead atoms. The van der Waals surface area contributed by atoms with E-state index in [1.807, 2.05) is 65.9 Å². The molecule has 0 amide bonds. The molecule has 18 aromatic rings. The normalized spacial score (nSPS) is 14.0. The van der Waals surface area contributed by atoms with E-state index in [0.717, 1.165) is 131 Å². The molecular weight excluding hydrogens is 1110 g/mol. The van der Waals surface area contributed by atoms with Gasteiger partial charge in [0.2, 0.25) is 5.78 Å². The Morgan fingerprint density at radius 1 is 0.272 bits per heavy atom. The van der Waals surface area contributed by atoms with Crippen LogP contribution in [0.5, 0.6) is 0 Å². The first-order chi connectivity index (χ1) is 49.0. The topological polar surface area (TPSA) is 22.2 Å². The second-order valence-electron chi connectivity index (χ2n) is 24.6. The van der Waals surface area contributed by atoms with E-state index in [9.17, 15) is 8.22 Å². The van der Waals surface area contributed by atoms with Crippen molar-refractivity contribution in [2.24, 2.45) is 0 Å². The van der Waals surface area contributed by atoms with Gasteiger partial charge in [-0.3, -0.25) is 8.97 Å². The molecule has 0 radical (unpaired) electrons. The lowest BCUT2D eigenvalue weighted by Crippen LogP contribution is -2.01. The average molecular weight is 1180 g/mol. The van der Waals surface area contributed by atoms with Crippen molar-refractivity contribution in [3.05, 3.63) is 307 Å². The fourth-order valence-electron chi connectivity index (χ4n) is 15.8. The quantitative estimate of drug-likeness (QED) is 0.173. The molecule has 0 saturated heterocycles. The Morgan fingerprint density at radius 3 is 1.14 bits per heavy atom. The zero-order chi connectivity index (χ0) is 68.5. The van der Waals surface area contributed by atoms with Crippen molar-refractivity contribution in [3.8, 4) is 72.4 Å². The number of hydrogen-bond acceptors (Lipinski definition) is 1. The summed E-state index contributed by atoms with van der Waals surface area (Å²) in [6, 6.07) is 98.5. The predicted octanol–water partition coefficient (Wildman–Crippen LogP) is 24.3. The average Bonchev–Trinajstić information content (AvgIpc) is 1.45. The molecular formula is C89H59N3. The Bertz CT molecular complexity index is 6750. The third kappa shape index (κ3) is 7.54. The minimum absolute atomic E-state index is 0.0410. The number of fused-ring (bicyclic) bond motifs is 29. The van der Waals surface area contributed by atoms with Crippen LogP contribution in [-0.4, -0.2) is 14.0 Å². The lowest BCUT2D eigenvalue weighted by atomic mass is 9.79. The van der Waals surface area contributed by atoms with Gasteiger partial charge in [-0.15, -0.1) is 0 Å². The molecule has 2 heterocycles. The number of rotatable bonds is 3. The SMILES string of the molecule is [2H]C([2H])([2H])c1cc(C([2H])([2H])[2H])c(-c2ccc3c4ccccc4c4cc5c6ccccc6c6ccccc6c6ccccc6c5cc4c4ccccc4c3c2)c(C)c1-c1ccc2c(c1)-c1ccccc1-c1ccccc1-c1cc(-n3c4ccccc4n4c5cccc(C([2H])([2H])[2H])c5nc34)ccc1-2. The van der Waals surface area contributed by atoms with Crippen LogP contribution < -0.4 is 0 Å². The number of imidazole rings is 2. The third-order valence-corrected chi connectivity index (χ3v) is 19.8. The summed E-state index contributed by atoms with van der Waals surface area (Å²) in [4.78, 5) is 5.14. The first-order valence-corrected chi connectivity index (χ1v) is 31.3. The molecule has 92 heavy (non-hydrogen) atoms. The van der Waals surface area contributed by atoms with E-state index < -0.39 is 20.6 Å². The number of nitrogens with zero attached hydrogens (tertiary/aromatic N) is 3. The van der Waals surface area contributed by atoms with Gasteiger partial charge in [0, 0.05) is 18.0 Å². The van der Waals surface area contributed by atoms with Crippen molar-refractivity contribution in [1.29, 1.82) is 0 Å². The van der Waals surface area contributed by atoms with E-state index in [4.69, 9.17) is 9.10 Å². The highest BCUT2D eigenvalue weighted by atomic mass is 15.2. The lowest BCUT2D eigenvalue weighted by molar-refractivity contribution is 1.11. The van der Waals surface area contributed by atoms with E-state index in [1.165, 1.54) is 22.2 Å². The maximum absolute atomic E-state index is 9.33. The van der Waals surface area contributed by atoms with Crippen LogP contribution in [-0.2, 0) is 0 Å². The molecule has 1 aliphatic rings. The second kappa shape index (κ2) is 19.9. The summed E-state index contributed by atoms with van der Waals surface area (Å²) in [5.74, 6) is 0.577. The molecule has 0 saturated carbocycles.